The number of carbonyl (C=O) groups is 1. The van der Waals surface area contributed by atoms with E-state index in [1.54, 1.807) is 28.8 Å². The first-order valence-electron chi connectivity index (χ1n) is 12.8. The lowest BCUT2D eigenvalue weighted by molar-refractivity contribution is 0.0697. The van der Waals surface area contributed by atoms with Crippen LogP contribution in [0.15, 0.2) is 66.7 Å². The molecule has 3 aromatic carbocycles. The first kappa shape index (κ1) is 28.3. The number of carboxylic acid groups (broad SMARTS) is 1. The first-order valence-corrected chi connectivity index (χ1v) is 12.8. The number of hydrogen-bond donors (Lipinski definition) is 1. The number of imidazole rings is 1. The lowest BCUT2D eigenvalue weighted by Crippen LogP contribution is -2.10. The highest BCUT2D eigenvalue weighted by Gasteiger charge is 2.18. The monoisotopic (exact) mass is 572 g/mol. The Bertz CT molecular complexity index is 1850. The molecule has 0 aliphatic rings. The summed E-state index contributed by atoms with van der Waals surface area (Å²) < 4.78 is 57.1. The van der Waals surface area contributed by atoms with Gasteiger partial charge in [0.2, 0.25) is 5.88 Å². The highest BCUT2D eigenvalue weighted by molar-refractivity contribution is 5.92. The number of aromatic nitrogens is 3. The number of methoxy groups -OCH3 is 1. The molecule has 42 heavy (non-hydrogen) atoms. The van der Waals surface area contributed by atoms with Crippen molar-refractivity contribution in [3.63, 3.8) is 0 Å². The van der Waals surface area contributed by atoms with Gasteiger partial charge in [0.1, 0.15) is 36.0 Å². The summed E-state index contributed by atoms with van der Waals surface area (Å²) in [5.74, 6) is -2.61. The summed E-state index contributed by atoms with van der Waals surface area (Å²) in [4.78, 5) is 20.3. The fourth-order valence-corrected chi connectivity index (χ4v) is 4.50. The third-order valence-corrected chi connectivity index (χ3v) is 6.62. The molecule has 0 saturated heterocycles. The largest absolute Gasteiger partial charge is 0.478 e. The van der Waals surface area contributed by atoms with Crippen LogP contribution in [-0.2, 0) is 24.3 Å². The minimum atomic E-state index is -1.09. The fraction of sp³-hybridized carbons (Fsp3) is 0.161. The second-order valence-electron chi connectivity index (χ2n) is 9.36. The van der Waals surface area contributed by atoms with Crippen LogP contribution in [0.1, 0.15) is 32.9 Å². The van der Waals surface area contributed by atoms with Crippen LogP contribution in [0.4, 0.5) is 13.2 Å². The zero-order chi connectivity index (χ0) is 29.8. The van der Waals surface area contributed by atoms with Gasteiger partial charge in [-0.15, -0.1) is 0 Å². The standard InChI is InChI=1S/C31H23F3N4O4/c1-41-10-9-38-28-13-19(31(39)40)7-8-27(28)36-29(38)14-21-12-25(34)22(15-24(21)33)26-3-2-4-30(37-26)42-17-18-5-6-20(16-35)23(32)11-18/h2-8,11-13,15H,9-10,14,17H2,1H3,(H,39,40). The summed E-state index contributed by atoms with van der Waals surface area (Å²) in [7, 11) is 1.52. The SMILES string of the molecule is COCCn1c(Cc2cc(F)c(-c3cccc(OCc4ccc(C#N)c(F)c4)n3)cc2F)nc2ccc(C(=O)O)cc21. The molecule has 11 heteroatoms. The number of halogens is 3. The van der Waals surface area contributed by atoms with Gasteiger partial charge in [0, 0.05) is 31.7 Å². The second-order valence-corrected chi connectivity index (χ2v) is 9.36. The van der Waals surface area contributed by atoms with E-state index >= 15 is 8.78 Å². The Morgan fingerprint density at radius 1 is 1.00 bits per heavy atom. The van der Waals surface area contributed by atoms with Gasteiger partial charge in [0.15, 0.2) is 0 Å². The van der Waals surface area contributed by atoms with Gasteiger partial charge in [0.05, 0.1) is 34.5 Å². The summed E-state index contributed by atoms with van der Waals surface area (Å²) in [6.45, 7) is 0.585. The van der Waals surface area contributed by atoms with E-state index < -0.39 is 23.4 Å². The number of ether oxygens (including phenoxy) is 2. The maximum atomic E-state index is 15.4. The van der Waals surface area contributed by atoms with E-state index in [1.165, 1.54) is 43.5 Å². The third-order valence-electron chi connectivity index (χ3n) is 6.62. The zero-order valence-corrected chi connectivity index (χ0v) is 22.3. The number of rotatable bonds is 10. The van der Waals surface area contributed by atoms with Crippen molar-refractivity contribution in [3.05, 3.63) is 112 Å². The summed E-state index contributed by atoms with van der Waals surface area (Å²) in [6.07, 6.45) is -0.0540. The van der Waals surface area contributed by atoms with Crippen LogP contribution in [0.25, 0.3) is 22.3 Å². The molecule has 0 atom stereocenters. The van der Waals surface area contributed by atoms with E-state index in [-0.39, 0.29) is 46.9 Å². The topological polar surface area (TPSA) is 110 Å². The third kappa shape index (κ3) is 5.94. The molecule has 2 aromatic heterocycles. The first-order chi connectivity index (χ1) is 20.3. The van der Waals surface area contributed by atoms with Crippen molar-refractivity contribution in [1.82, 2.24) is 14.5 Å². The lowest BCUT2D eigenvalue weighted by Gasteiger charge is -2.12. The molecule has 0 bridgehead atoms. The second kappa shape index (κ2) is 12.1. The predicted octanol–water partition coefficient (Wildman–Crippen LogP) is 5.90. The summed E-state index contributed by atoms with van der Waals surface area (Å²) in [6, 6.07) is 17.1. The smallest absolute Gasteiger partial charge is 0.335 e. The molecular weight excluding hydrogens is 549 g/mol. The van der Waals surface area contributed by atoms with Gasteiger partial charge in [-0.3, -0.25) is 0 Å². The van der Waals surface area contributed by atoms with Gasteiger partial charge >= 0.3 is 5.97 Å². The Kier molecular flexibility index (Phi) is 8.17. The van der Waals surface area contributed by atoms with Gasteiger partial charge in [0.25, 0.3) is 0 Å². The van der Waals surface area contributed by atoms with Gasteiger partial charge < -0.3 is 19.1 Å². The number of aromatic carboxylic acids is 1. The highest BCUT2D eigenvalue weighted by Crippen LogP contribution is 2.28. The van der Waals surface area contributed by atoms with Crippen LogP contribution < -0.4 is 4.74 Å². The van der Waals surface area contributed by atoms with Crippen molar-refractivity contribution in [3.8, 4) is 23.2 Å². The molecule has 5 aromatic rings. The molecule has 5 rings (SSSR count). The number of benzene rings is 3. The number of nitriles is 1. The number of carboxylic acids is 1. The Morgan fingerprint density at radius 2 is 1.83 bits per heavy atom. The molecule has 212 valence electrons. The summed E-state index contributed by atoms with van der Waals surface area (Å²) in [5, 5.41) is 18.3. The number of hydrogen-bond acceptors (Lipinski definition) is 6. The minimum absolute atomic E-state index is 0.0487. The van der Waals surface area contributed by atoms with Crippen LogP contribution in [0.3, 0.4) is 0 Å². The van der Waals surface area contributed by atoms with E-state index in [0.29, 0.717) is 35.6 Å². The Hall–Kier alpha value is -5.21. The molecule has 0 unspecified atom stereocenters. The van der Waals surface area contributed by atoms with E-state index in [9.17, 15) is 14.3 Å². The van der Waals surface area contributed by atoms with Crippen LogP contribution in [-0.4, -0.2) is 39.3 Å². The summed E-state index contributed by atoms with van der Waals surface area (Å²) >= 11 is 0. The van der Waals surface area contributed by atoms with Crippen molar-refractivity contribution >= 4 is 17.0 Å². The van der Waals surface area contributed by atoms with Crippen molar-refractivity contribution in [1.29, 1.82) is 5.26 Å². The van der Waals surface area contributed by atoms with Gasteiger partial charge in [-0.05, 0) is 59.7 Å². The van der Waals surface area contributed by atoms with Crippen molar-refractivity contribution in [2.24, 2.45) is 0 Å². The van der Waals surface area contributed by atoms with E-state index in [0.717, 1.165) is 12.1 Å². The van der Waals surface area contributed by atoms with Crippen LogP contribution in [0.2, 0.25) is 0 Å². The number of nitrogens with zero attached hydrogens (tertiary/aromatic N) is 4. The zero-order valence-electron chi connectivity index (χ0n) is 22.3. The molecule has 0 radical (unpaired) electrons. The Balaban J connectivity index is 1.40. The van der Waals surface area contributed by atoms with Gasteiger partial charge in [-0.1, -0.05) is 12.1 Å². The number of pyridine rings is 1. The maximum absolute atomic E-state index is 15.4. The average molecular weight is 573 g/mol. The molecule has 1 N–H and O–H groups in total. The normalized spacial score (nSPS) is 11.0. The maximum Gasteiger partial charge on any atom is 0.335 e. The number of fused-ring (bicyclic) bond motifs is 1. The molecule has 8 nitrogen and oxygen atoms in total. The molecule has 2 heterocycles. The molecular formula is C31H23F3N4O4. The van der Waals surface area contributed by atoms with Gasteiger partial charge in [-0.25, -0.2) is 27.9 Å². The Labute approximate surface area is 238 Å². The lowest BCUT2D eigenvalue weighted by atomic mass is 10.0. The van der Waals surface area contributed by atoms with E-state index in [1.807, 2.05) is 0 Å². The Morgan fingerprint density at radius 3 is 2.57 bits per heavy atom. The average Bonchev–Trinajstić information content (AvgIpc) is 3.32. The van der Waals surface area contributed by atoms with E-state index in [2.05, 4.69) is 9.97 Å². The molecule has 0 amide bonds. The van der Waals surface area contributed by atoms with Gasteiger partial charge in [-0.2, -0.15) is 5.26 Å². The molecule has 0 saturated carbocycles. The molecule has 0 aliphatic heterocycles. The predicted molar refractivity (Wildman–Crippen MR) is 146 cm³/mol. The van der Waals surface area contributed by atoms with Crippen LogP contribution in [0, 0.1) is 28.8 Å². The quantitative estimate of drug-likeness (QED) is 0.222. The molecule has 0 aliphatic carbocycles. The van der Waals surface area contributed by atoms with E-state index in [4.69, 9.17) is 14.7 Å². The fourth-order valence-electron chi connectivity index (χ4n) is 4.50. The van der Waals surface area contributed by atoms with Crippen molar-refractivity contribution in [2.75, 3.05) is 13.7 Å². The molecule has 0 spiro atoms. The molecule has 0 fully saturated rings. The van der Waals surface area contributed by atoms with Crippen molar-refractivity contribution < 1.29 is 32.5 Å². The minimum Gasteiger partial charge on any atom is -0.478 e. The van der Waals surface area contributed by atoms with Crippen molar-refractivity contribution in [2.45, 2.75) is 19.6 Å². The van der Waals surface area contributed by atoms with Crippen LogP contribution >= 0.6 is 0 Å². The van der Waals surface area contributed by atoms with Crippen LogP contribution in [0.5, 0.6) is 5.88 Å². The summed E-state index contributed by atoms with van der Waals surface area (Å²) in [5.41, 5.74) is 1.64. The highest BCUT2D eigenvalue weighted by atomic mass is 19.1.